The van der Waals surface area contributed by atoms with Crippen molar-refractivity contribution in [1.29, 1.82) is 0 Å². The number of pyridine rings is 1. The molecule has 0 radical (unpaired) electrons. The summed E-state index contributed by atoms with van der Waals surface area (Å²) in [7, 11) is 0. The molecule has 0 aliphatic carbocycles. The van der Waals surface area contributed by atoms with Crippen LogP contribution in [0.15, 0.2) is 42.6 Å². The summed E-state index contributed by atoms with van der Waals surface area (Å²) in [5.41, 5.74) is 1.32. The summed E-state index contributed by atoms with van der Waals surface area (Å²) >= 11 is 5.90. The van der Waals surface area contributed by atoms with Gasteiger partial charge in [0.05, 0.1) is 18.8 Å². The maximum absolute atomic E-state index is 12.2. The van der Waals surface area contributed by atoms with Crippen molar-refractivity contribution in [2.75, 3.05) is 30.4 Å². The molecule has 6 heteroatoms. The van der Waals surface area contributed by atoms with Crippen molar-refractivity contribution in [3.63, 3.8) is 0 Å². The van der Waals surface area contributed by atoms with E-state index in [-0.39, 0.29) is 11.3 Å². The van der Waals surface area contributed by atoms with E-state index < -0.39 is 0 Å². The maximum atomic E-state index is 12.2. The van der Waals surface area contributed by atoms with Gasteiger partial charge in [0.25, 0.3) is 5.91 Å². The van der Waals surface area contributed by atoms with Gasteiger partial charge in [-0.05, 0) is 30.3 Å². The lowest BCUT2D eigenvalue weighted by Gasteiger charge is -2.38. The van der Waals surface area contributed by atoms with Crippen LogP contribution in [0.2, 0.25) is 5.02 Å². The molecule has 1 saturated heterocycles. The van der Waals surface area contributed by atoms with Crippen LogP contribution in [0.1, 0.15) is 17.3 Å². The SMILES string of the molecule is CC1(CNc2ccc(C(=O)Nc3cccc(Cl)c3)cn2)COC1. The Morgan fingerprint density at radius 2 is 2.17 bits per heavy atom. The topological polar surface area (TPSA) is 63.2 Å². The van der Waals surface area contributed by atoms with E-state index in [4.69, 9.17) is 16.3 Å². The van der Waals surface area contributed by atoms with Crippen LogP contribution in [0.5, 0.6) is 0 Å². The van der Waals surface area contributed by atoms with Crippen molar-refractivity contribution in [3.8, 4) is 0 Å². The van der Waals surface area contributed by atoms with Crippen molar-refractivity contribution in [1.82, 2.24) is 4.98 Å². The van der Waals surface area contributed by atoms with Gasteiger partial charge in [0.2, 0.25) is 0 Å². The Labute approximate surface area is 140 Å². The highest BCUT2D eigenvalue weighted by Gasteiger charge is 2.33. The van der Waals surface area contributed by atoms with Crippen molar-refractivity contribution < 1.29 is 9.53 Å². The van der Waals surface area contributed by atoms with Crippen LogP contribution < -0.4 is 10.6 Å². The number of hydrogen-bond donors (Lipinski definition) is 2. The second-order valence-electron chi connectivity index (χ2n) is 6.05. The third-order valence-corrected chi connectivity index (χ3v) is 3.94. The van der Waals surface area contributed by atoms with Crippen LogP contribution >= 0.6 is 11.6 Å². The number of nitrogens with one attached hydrogen (secondary N) is 2. The Hall–Kier alpha value is -2.11. The van der Waals surface area contributed by atoms with Gasteiger partial charge in [0.15, 0.2) is 0 Å². The minimum Gasteiger partial charge on any atom is -0.380 e. The van der Waals surface area contributed by atoms with E-state index >= 15 is 0 Å². The molecule has 120 valence electrons. The van der Waals surface area contributed by atoms with Crippen molar-refractivity contribution in [2.45, 2.75) is 6.92 Å². The van der Waals surface area contributed by atoms with E-state index in [0.717, 1.165) is 25.6 Å². The first-order valence-electron chi connectivity index (χ1n) is 7.39. The average Bonchev–Trinajstić information content (AvgIpc) is 2.51. The van der Waals surface area contributed by atoms with E-state index in [9.17, 15) is 4.79 Å². The zero-order chi connectivity index (χ0) is 16.3. The predicted molar refractivity (Wildman–Crippen MR) is 91.1 cm³/mol. The number of benzene rings is 1. The van der Waals surface area contributed by atoms with E-state index in [2.05, 4.69) is 22.5 Å². The second-order valence-corrected chi connectivity index (χ2v) is 6.49. The van der Waals surface area contributed by atoms with Crippen LogP contribution in [0, 0.1) is 5.41 Å². The molecule has 2 aromatic rings. The third kappa shape index (κ3) is 4.00. The molecular weight excluding hydrogens is 314 g/mol. The van der Waals surface area contributed by atoms with Gasteiger partial charge < -0.3 is 15.4 Å². The van der Waals surface area contributed by atoms with Crippen LogP contribution in [0.4, 0.5) is 11.5 Å². The molecule has 0 saturated carbocycles. The van der Waals surface area contributed by atoms with Gasteiger partial charge in [-0.15, -0.1) is 0 Å². The highest BCUT2D eigenvalue weighted by atomic mass is 35.5. The summed E-state index contributed by atoms with van der Waals surface area (Å²) in [6.45, 7) is 4.49. The number of halogens is 1. The lowest BCUT2D eigenvalue weighted by Crippen LogP contribution is -2.45. The summed E-state index contributed by atoms with van der Waals surface area (Å²) < 4.78 is 5.22. The molecule has 0 bridgehead atoms. The fourth-order valence-corrected chi connectivity index (χ4v) is 2.45. The Bertz CT molecular complexity index is 699. The van der Waals surface area contributed by atoms with Crippen molar-refractivity contribution in [3.05, 3.63) is 53.2 Å². The first-order valence-corrected chi connectivity index (χ1v) is 7.77. The smallest absolute Gasteiger partial charge is 0.257 e. The third-order valence-electron chi connectivity index (χ3n) is 3.71. The minimum atomic E-state index is -0.217. The van der Waals surface area contributed by atoms with Crippen molar-refractivity contribution >= 4 is 29.0 Å². The molecule has 1 aliphatic heterocycles. The van der Waals surface area contributed by atoms with Gasteiger partial charge in [-0.25, -0.2) is 4.98 Å². The molecule has 0 unspecified atom stereocenters. The molecular formula is C17H18ClN3O2. The molecule has 1 aromatic carbocycles. The summed E-state index contributed by atoms with van der Waals surface area (Å²) in [6, 6.07) is 10.6. The molecule has 2 N–H and O–H groups in total. The average molecular weight is 332 g/mol. The molecule has 0 spiro atoms. The first kappa shape index (κ1) is 15.8. The standard InChI is InChI=1S/C17H18ClN3O2/c1-17(10-23-11-17)9-20-15-6-5-12(8-19-15)16(22)21-14-4-2-3-13(18)7-14/h2-8H,9-11H2,1H3,(H,19,20)(H,21,22). The normalized spacial score (nSPS) is 15.6. The summed E-state index contributed by atoms with van der Waals surface area (Å²) in [6.07, 6.45) is 1.56. The highest BCUT2D eigenvalue weighted by Crippen LogP contribution is 2.26. The predicted octanol–water partition coefficient (Wildman–Crippen LogP) is 3.44. The Balaban J connectivity index is 1.58. The van der Waals surface area contributed by atoms with Gasteiger partial charge in [-0.1, -0.05) is 24.6 Å². The van der Waals surface area contributed by atoms with Gasteiger partial charge in [-0.2, -0.15) is 0 Å². The zero-order valence-electron chi connectivity index (χ0n) is 12.8. The van der Waals surface area contributed by atoms with Crippen LogP contribution in [-0.2, 0) is 4.74 Å². The number of amides is 1. The molecule has 1 amide bonds. The number of aromatic nitrogens is 1. The molecule has 23 heavy (non-hydrogen) atoms. The number of anilines is 2. The van der Waals surface area contributed by atoms with Gasteiger partial charge in [0.1, 0.15) is 5.82 Å². The number of ether oxygens (including phenoxy) is 1. The van der Waals surface area contributed by atoms with Gasteiger partial charge >= 0.3 is 0 Å². The fraction of sp³-hybridized carbons (Fsp3) is 0.294. The Morgan fingerprint density at radius 3 is 2.78 bits per heavy atom. The summed E-state index contributed by atoms with van der Waals surface area (Å²) in [5, 5.41) is 6.64. The van der Waals surface area contributed by atoms with Gasteiger partial charge in [-0.3, -0.25) is 4.79 Å². The van der Waals surface area contributed by atoms with E-state index in [1.54, 1.807) is 42.6 Å². The van der Waals surface area contributed by atoms with Crippen LogP contribution in [0.25, 0.3) is 0 Å². The largest absolute Gasteiger partial charge is 0.380 e. The Kier molecular flexibility index (Phi) is 4.50. The quantitative estimate of drug-likeness (QED) is 0.881. The Morgan fingerprint density at radius 1 is 1.35 bits per heavy atom. The lowest BCUT2D eigenvalue weighted by molar-refractivity contribution is -0.0924. The minimum absolute atomic E-state index is 0.171. The van der Waals surface area contributed by atoms with E-state index in [0.29, 0.717) is 16.3 Å². The number of rotatable bonds is 5. The number of nitrogens with zero attached hydrogens (tertiary/aromatic N) is 1. The summed E-state index contributed by atoms with van der Waals surface area (Å²) in [4.78, 5) is 16.5. The van der Waals surface area contributed by atoms with E-state index in [1.807, 2.05) is 0 Å². The maximum Gasteiger partial charge on any atom is 0.257 e. The van der Waals surface area contributed by atoms with Crippen molar-refractivity contribution in [2.24, 2.45) is 5.41 Å². The fourth-order valence-electron chi connectivity index (χ4n) is 2.26. The molecule has 2 heterocycles. The monoisotopic (exact) mass is 331 g/mol. The highest BCUT2D eigenvalue weighted by molar-refractivity contribution is 6.30. The van der Waals surface area contributed by atoms with E-state index in [1.165, 1.54) is 0 Å². The molecule has 1 fully saturated rings. The molecule has 1 aliphatic rings. The zero-order valence-corrected chi connectivity index (χ0v) is 13.6. The second kappa shape index (κ2) is 6.56. The molecule has 5 nitrogen and oxygen atoms in total. The van der Waals surface area contributed by atoms with Crippen LogP contribution in [0.3, 0.4) is 0 Å². The molecule has 3 rings (SSSR count). The number of carbonyl (C=O) groups is 1. The van der Waals surface area contributed by atoms with Gasteiger partial charge in [0, 0.05) is 28.9 Å². The molecule has 1 aromatic heterocycles. The number of hydrogen-bond acceptors (Lipinski definition) is 4. The lowest BCUT2D eigenvalue weighted by atomic mass is 9.89. The molecule has 0 atom stereocenters. The first-order chi connectivity index (χ1) is 11.0. The number of carbonyl (C=O) groups excluding carboxylic acids is 1. The van der Waals surface area contributed by atoms with Crippen LogP contribution in [-0.4, -0.2) is 30.6 Å². The summed E-state index contributed by atoms with van der Waals surface area (Å²) in [5.74, 6) is 0.531.